The molecule has 138 valence electrons. The fourth-order valence-corrected chi connectivity index (χ4v) is 3.86. The number of ether oxygens (including phenoxy) is 3. The Balaban J connectivity index is 1.63. The number of thioether (sulfide) groups is 1. The number of hydrogen-bond acceptors (Lipinski definition) is 6. The number of carbonyl (C=O) groups is 1. The molecule has 0 saturated carbocycles. The van der Waals surface area contributed by atoms with Crippen LogP contribution in [0, 0.1) is 0 Å². The van der Waals surface area contributed by atoms with Gasteiger partial charge in [-0.1, -0.05) is 12.1 Å². The van der Waals surface area contributed by atoms with Crippen molar-refractivity contribution in [3.8, 4) is 17.2 Å². The van der Waals surface area contributed by atoms with E-state index in [1.165, 1.54) is 11.8 Å². The lowest BCUT2D eigenvalue weighted by molar-refractivity contribution is -0.136. The summed E-state index contributed by atoms with van der Waals surface area (Å²) < 4.78 is 16.5. The predicted octanol–water partition coefficient (Wildman–Crippen LogP) is 3.07. The number of aliphatic carboxylic acids is 1. The summed E-state index contributed by atoms with van der Waals surface area (Å²) in [5.74, 6) is 1.44. The lowest BCUT2D eigenvalue weighted by atomic mass is 10.2. The summed E-state index contributed by atoms with van der Waals surface area (Å²) in [5.41, 5.74) is 1.93. The van der Waals surface area contributed by atoms with Crippen molar-refractivity contribution in [2.75, 3.05) is 20.8 Å². The first-order chi connectivity index (χ1) is 12.6. The molecule has 1 saturated heterocycles. The number of hydrogen-bond donors (Lipinski definition) is 2. The van der Waals surface area contributed by atoms with E-state index in [2.05, 4.69) is 5.32 Å². The van der Waals surface area contributed by atoms with Crippen LogP contribution in [-0.4, -0.2) is 37.1 Å². The van der Waals surface area contributed by atoms with Crippen molar-refractivity contribution in [2.45, 2.75) is 17.2 Å². The lowest BCUT2D eigenvalue weighted by Gasteiger charge is -2.13. The molecule has 2 N–H and O–H groups in total. The van der Waals surface area contributed by atoms with Gasteiger partial charge in [-0.3, -0.25) is 10.1 Å². The van der Waals surface area contributed by atoms with Crippen molar-refractivity contribution in [2.24, 2.45) is 0 Å². The quantitative estimate of drug-likeness (QED) is 0.770. The Kier molecular flexibility index (Phi) is 5.90. The van der Waals surface area contributed by atoms with Crippen LogP contribution >= 0.6 is 11.8 Å². The molecular weight excluding hydrogens is 354 g/mol. The third kappa shape index (κ3) is 4.23. The first-order valence-electron chi connectivity index (χ1n) is 8.16. The second-order valence-electron chi connectivity index (χ2n) is 5.79. The van der Waals surface area contributed by atoms with E-state index in [9.17, 15) is 4.79 Å². The molecule has 0 bridgehead atoms. The van der Waals surface area contributed by atoms with Crippen LogP contribution in [0.15, 0.2) is 42.5 Å². The smallest absolute Gasteiger partial charge is 0.318 e. The number of rotatable bonds is 7. The predicted molar refractivity (Wildman–Crippen MR) is 100 cm³/mol. The first-order valence-corrected chi connectivity index (χ1v) is 9.10. The van der Waals surface area contributed by atoms with Crippen LogP contribution in [0.3, 0.4) is 0 Å². The Morgan fingerprint density at radius 3 is 2.50 bits per heavy atom. The number of nitrogens with one attached hydrogen (secondary N) is 1. The van der Waals surface area contributed by atoms with Crippen LogP contribution in [0.2, 0.25) is 0 Å². The molecule has 0 unspecified atom stereocenters. The largest absolute Gasteiger partial charge is 0.497 e. The van der Waals surface area contributed by atoms with E-state index >= 15 is 0 Å². The lowest BCUT2D eigenvalue weighted by Crippen LogP contribution is -2.21. The average molecular weight is 375 g/mol. The van der Waals surface area contributed by atoms with Crippen LogP contribution in [0.4, 0.5) is 0 Å². The molecule has 2 atom stereocenters. The minimum atomic E-state index is -0.780. The maximum atomic E-state index is 11.1. The number of benzene rings is 2. The Hall–Kier alpha value is -2.38. The zero-order chi connectivity index (χ0) is 18.5. The monoisotopic (exact) mass is 375 g/mol. The van der Waals surface area contributed by atoms with Crippen LogP contribution in [0.1, 0.15) is 16.5 Å². The molecule has 2 aromatic carbocycles. The molecule has 1 heterocycles. The van der Waals surface area contributed by atoms with Gasteiger partial charge < -0.3 is 19.3 Å². The molecule has 0 aliphatic carbocycles. The Morgan fingerprint density at radius 1 is 1.15 bits per heavy atom. The molecule has 26 heavy (non-hydrogen) atoms. The highest BCUT2D eigenvalue weighted by molar-refractivity contribution is 8.01. The molecule has 3 rings (SSSR count). The van der Waals surface area contributed by atoms with Crippen LogP contribution in [0.5, 0.6) is 17.2 Å². The zero-order valence-electron chi connectivity index (χ0n) is 14.6. The highest BCUT2D eigenvalue weighted by Crippen LogP contribution is 2.35. The molecule has 0 spiro atoms. The van der Waals surface area contributed by atoms with Crippen molar-refractivity contribution in [3.63, 3.8) is 0 Å². The summed E-state index contributed by atoms with van der Waals surface area (Å²) in [6.07, 6.45) is 0. The van der Waals surface area contributed by atoms with E-state index in [-0.39, 0.29) is 5.37 Å². The van der Waals surface area contributed by atoms with Gasteiger partial charge in [-0.05, 0) is 35.9 Å². The van der Waals surface area contributed by atoms with E-state index < -0.39 is 11.2 Å². The maximum Gasteiger partial charge on any atom is 0.318 e. The van der Waals surface area contributed by atoms with Gasteiger partial charge in [-0.2, -0.15) is 0 Å². The van der Waals surface area contributed by atoms with Crippen molar-refractivity contribution in [3.05, 3.63) is 53.6 Å². The fourth-order valence-electron chi connectivity index (χ4n) is 2.71. The number of carboxylic acid groups (broad SMARTS) is 1. The zero-order valence-corrected chi connectivity index (χ0v) is 15.4. The van der Waals surface area contributed by atoms with Gasteiger partial charge in [-0.25, -0.2) is 0 Å². The standard InChI is InChI=1S/C19H21NO5S/c1-23-15-7-8-16(24-2)13(9-15)11-25-14-5-3-12(4-6-14)18-20-10-17(26-18)19(21)22/h3-9,17-18,20H,10-11H2,1-2H3,(H,21,22)/t17-,18+/m0/s1. The SMILES string of the molecule is COc1ccc(OC)c(COc2ccc([C@@H]3NC[C@@H](C(=O)O)S3)cc2)c1. The Morgan fingerprint density at radius 2 is 1.88 bits per heavy atom. The molecule has 2 aromatic rings. The first kappa shape index (κ1) is 18.4. The molecule has 1 aliphatic rings. The molecule has 1 aliphatic heterocycles. The van der Waals surface area contributed by atoms with Gasteiger partial charge in [-0.15, -0.1) is 11.8 Å². The summed E-state index contributed by atoms with van der Waals surface area (Å²) in [5, 5.41) is 11.9. The van der Waals surface area contributed by atoms with Gasteiger partial charge in [0.05, 0.1) is 19.6 Å². The van der Waals surface area contributed by atoms with Crippen molar-refractivity contribution in [1.82, 2.24) is 5.32 Å². The molecule has 0 radical (unpaired) electrons. The third-order valence-electron chi connectivity index (χ3n) is 4.13. The van der Waals surface area contributed by atoms with Crippen molar-refractivity contribution >= 4 is 17.7 Å². The van der Waals surface area contributed by atoms with Gasteiger partial charge >= 0.3 is 5.97 Å². The topological polar surface area (TPSA) is 77.0 Å². The van der Waals surface area contributed by atoms with Crippen LogP contribution in [-0.2, 0) is 11.4 Å². The van der Waals surface area contributed by atoms with E-state index in [1.807, 2.05) is 42.5 Å². The summed E-state index contributed by atoms with van der Waals surface area (Å²) in [6.45, 7) is 0.829. The average Bonchev–Trinajstić information content (AvgIpc) is 3.17. The normalized spacial score (nSPS) is 19.2. The molecule has 0 amide bonds. The minimum absolute atomic E-state index is 0.0105. The van der Waals surface area contributed by atoms with Crippen molar-refractivity contribution in [1.29, 1.82) is 0 Å². The van der Waals surface area contributed by atoms with Crippen molar-refractivity contribution < 1.29 is 24.1 Å². The highest BCUT2D eigenvalue weighted by Gasteiger charge is 2.30. The van der Waals surface area contributed by atoms with Gasteiger partial charge in [0.25, 0.3) is 0 Å². The number of carboxylic acids is 1. The van der Waals surface area contributed by atoms with Gasteiger partial charge in [0, 0.05) is 12.1 Å². The Labute approximate surface area is 156 Å². The van der Waals surface area contributed by atoms with Gasteiger partial charge in [0.2, 0.25) is 0 Å². The maximum absolute atomic E-state index is 11.1. The van der Waals surface area contributed by atoms with E-state index in [0.29, 0.717) is 13.2 Å². The van der Waals surface area contributed by atoms with Gasteiger partial charge in [0.15, 0.2) is 0 Å². The highest BCUT2D eigenvalue weighted by atomic mass is 32.2. The summed E-state index contributed by atoms with van der Waals surface area (Å²) in [6, 6.07) is 13.3. The van der Waals surface area contributed by atoms with Gasteiger partial charge in [0.1, 0.15) is 29.1 Å². The van der Waals surface area contributed by atoms with Crippen LogP contribution in [0.25, 0.3) is 0 Å². The summed E-state index contributed by atoms with van der Waals surface area (Å²) >= 11 is 1.42. The summed E-state index contributed by atoms with van der Waals surface area (Å²) in [4.78, 5) is 11.1. The second kappa shape index (κ2) is 8.33. The molecule has 1 fully saturated rings. The Bertz CT molecular complexity index is 765. The third-order valence-corrected chi connectivity index (χ3v) is 5.54. The molecule has 6 nitrogen and oxygen atoms in total. The molecule has 0 aromatic heterocycles. The minimum Gasteiger partial charge on any atom is -0.497 e. The van der Waals surface area contributed by atoms with E-state index in [1.54, 1.807) is 14.2 Å². The van der Waals surface area contributed by atoms with Crippen LogP contribution < -0.4 is 19.5 Å². The summed E-state index contributed by atoms with van der Waals surface area (Å²) in [7, 11) is 3.24. The van der Waals surface area contributed by atoms with E-state index in [4.69, 9.17) is 19.3 Å². The second-order valence-corrected chi connectivity index (χ2v) is 7.10. The molecular formula is C19H21NO5S. The molecule has 7 heteroatoms. The fraction of sp³-hybridized carbons (Fsp3) is 0.316. The van der Waals surface area contributed by atoms with E-state index in [0.717, 1.165) is 28.4 Å². The number of methoxy groups -OCH3 is 2.